The molecule has 0 amide bonds. The molecule has 0 aliphatic rings. The molecule has 0 radical (unpaired) electrons. The lowest BCUT2D eigenvalue weighted by atomic mass is 10.2. The fraction of sp³-hybridized carbons (Fsp3) is 0.222. The van der Waals surface area contributed by atoms with Gasteiger partial charge in [-0.25, -0.2) is 0 Å². The van der Waals surface area contributed by atoms with Crippen molar-refractivity contribution >= 4 is 54.8 Å². The highest BCUT2D eigenvalue weighted by atomic mass is 79.9. The van der Waals surface area contributed by atoms with Crippen LogP contribution in [0.4, 0.5) is 5.69 Å². The first-order valence-corrected chi connectivity index (χ1v) is 5.73. The molecule has 0 fully saturated rings. The number of hydrogen-bond donors (Lipinski definition) is 1. The molecule has 0 saturated heterocycles. The van der Waals surface area contributed by atoms with Gasteiger partial charge in [0.25, 0.3) is 0 Å². The maximum atomic E-state index is 4.99. The Morgan fingerprint density at radius 1 is 1.38 bits per heavy atom. The van der Waals surface area contributed by atoms with E-state index in [0.717, 1.165) is 25.2 Å². The molecule has 4 heteroatoms. The van der Waals surface area contributed by atoms with Gasteiger partial charge in [-0.15, -0.1) is 0 Å². The second kappa shape index (κ2) is 4.53. The van der Waals surface area contributed by atoms with E-state index < -0.39 is 0 Å². The summed E-state index contributed by atoms with van der Waals surface area (Å²) < 4.78 is 2.08. The Hall–Kier alpha value is 0.0700. The third-order valence-electron chi connectivity index (χ3n) is 1.55. The first-order valence-electron chi connectivity index (χ1n) is 3.74. The van der Waals surface area contributed by atoms with Gasteiger partial charge in [0.15, 0.2) is 0 Å². The molecule has 1 nitrogen and oxygen atoms in total. The van der Waals surface area contributed by atoms with Crippen molar-refractivity contribution in [3.63, 3.8) is 0 Å². The van der Waals surface area contributed by atoms with E-state index in [4.69, 9.17) is 12.2 Å². The van der Waals surface area contributed by atoms with E-state index in [1.165, 1.54) is 0 Å². The third-order valence-corrected chi connectivity index (χ3v) is 2.74. The molecular weight excluding hydrogens is 314 g/mol. The third kappa shape index (κ3) is 3.04. The first kappa shape index (κ1) is 11.1. The Labute approximate surface area is 100 Å². The Bertz CT molecular complexity index is 326. The number of rotatable bonds is 1. The van der Waals surface area contributed by atoms with Crippen molar-refractivity contribution in [3.8, 4) is 0 Å². The lowest BCUT2D eigenvalue weighted by Crippen LogP contribution is -2.05. The van der Waals surface area contributed by atoms with Crippen LogP contribution in [0.5, 0.6) is 0 Å². The van der Waals surface area contributed by atoms with Crippen molar-refractivity contribution in [2.45, 2.75) is 13.8 Å². The SMILES string of the molecule is CC(=S)Nc1c(C)cc(Br)cc1Br. The van der Waals surface area contributed by atoms with Crippen LogP contribution in [0.2, 0.25) is 0 Å². The lowest BCUT2D eigenvalue weighted by Gasteiger charge is -2.10. The summed E-state index contributed by atoms with van der Waals surface area (Å²) >= 11 is 11.9. The van der Waals surface area contributed by atoms with E-state index in [-0.39, 0.29) is 0 Å². The van der Waals surface area contributed by atoms with Crippen LogP contribution in [-0.2, 0) is 0 Å². The normalized spacial score (nSPS) is 9.85. The molecule has 1 aromatic rings. The minimum atomic E-state index is 0.770. The molecule has 0 aromatic heterocycles. The van der Waals surface area contributed by atoms with Gasteiger partial charge in [0.1, 0.15) is 0 Å². The molecule has 0 aliphatic carbocycles. The van der Waals surface area contributed by atoms with E-state index >= 15 is 0 Å². The first-order chi connectivity index (χ1) is 6.00. The lowest BCUT2D eigenvalue weighted by molar-refractivity contribution is 1.42. The summed E-state index contributed by atoms with van der Waals surface area (Å²) in [6, 6.07) is 4.04. The second-order valence-corrected chi connectivity index (χ2v) is 5.14. The maximum Gasteiger partial charge on any atom is 0.0766 e. The zero-order valence-electron chi connectivity index (χ0n) is 7.32. The highest BCUT2D eigenvalue weighted by Crippen LogP contribution is 2.30. The van der Waals surface area contributed by atoms with Crippen molar-refractivity contribution in [1.82, 2.24) is 0 Å². The smallest absolute Gasteiger partial charge is 0.0766 e. The number of halogens is 2. The van der Waals surface area contributed by atoms with Gasteiger partial charge in [0, 0.05) is 8.95 Å². The van der Waals surface area contributed by atoms with Crippen LogP contribution in [0.15, 0.2) is 21.1 Å². The Balaban J connectivity index is 3.13. The molecule has 70 valence electrons. The molecule has 0 bridgehead atoms. The molecular formula is C9H9Br2NS. The monoisotopic (exact) mass is 321 g/mol. The largest absolute Gasteiger partial charge is 0.349 e. The van der Waals surface area contributed by atoms with Crippen LogP contribution in [0, 0.1) is 6.92 Å². The fourth-order valence-corrected chi connectivity index (χ4v) is 2.68. The van der Waals surface area contributed by atoms with Crippen LogP contribution in [-0.4, -0.2) is 4.99 Å². The summed E-state index contributed by atoms with van der Waals surface area (Å²) in [5.41, 5.74) is 2.20. The molecule has 1 aromatic carbocycles. The van der Waals surface area contributed by atoms with Gasteiger partial charge in [0.2, 0.25) is 0 Å². The average Bonchev–Trinajstić information content (AvgIpc) is 1.96. The molecule has 0 unspecified atom stereocenters. The van der Waals surface area contributed by atoms with E-state index in [9.17, 15) is 0 Å². The summed E-state index contributed by atoms with van der Waals surface area (Å²) in [7, 11) is 0. The van der Waals surface area contributed by atoms with E-state index in [1.54, 1.807) is 0 Å². The number of benzene rings is 1. The Kier molecular flexibility index (Phi) is 3.88. The molecule has 0 heterocycles. The second-order valence-electron chi connectivity index (χ2n) is 2.76. The number of thiocarbonyl (C=S) groups is 1. The van der Waals surface area contributed by atoms with Crippen LogP contribution in [0.1, 0.15) is 12.5 Å². The molecule has 0 aliphatic heterocycles. The predicted octanol–water partition coefficient (Wildman–Crippen LogP) is 4.28. The maximum absolute atomic E-state index is 4.99. The number of nitrogens with one attached hydrogen (secondary N) is 1. The highest BCUT2D eigenvalue weighted by Gasteiger charge is 2.04. The number of hydrogen-bond acceptors (Lipinski definition) is 1. The van der Waals surface area contributed by atoms with Crippen molar-refractivity contribution in [1.29, 1.82) is 0 Å². The van der Waals surface area contributed by atoms with Gasteiger partial charge in [-0.2, -0.15) is 0 Å². The molecule has 0 atom stereocenters. The van der Waals surface area contributed by atoms with Crippen LogP contribution < -0.4 is 5.32 Å². The topological polar surface area (TPSA) is 12.0 Å². The predicted molar refractivity (Wildman–Crippen MR) is 68.5 cm³/mol. The van der Waals surface area contributed by atoms with Crippen molar-refractivity contribution < 1.29 is 0 Å². The number of anilines is 1. The van der Waals surface area contributed by atoms with Crippen molar-refractivity contribution in [2.75, 3.05) is 5.32 Å². The van der Waals surface area contributed by atoms with Crippen LogP contribution in [0.25, 0.3) is 0 Å². The average molecular weight is 323 g/mol. The molecule has 0 spiro atoms. The summed E-state index contributed by atoms with van der Waals surface area (Å²) in [5, 5.41) is 3.13. The van der Waals surface area contributed by atoms with Crippen molar-refractivity contribution in [2.24, 2.45) is 0 Å². The van der Waals surface area contributed by atoms with Crippen molar-refractivity contribution in [3.05, 3.63) is 26.6 Å². The molecule has 0 saturated carbocycles. The number of aryl methyl sites for hydroxylation is 1. The van der Waals surface area contributed by atoms with E-state index in [2.05, 4.69) is 37.2 Å². The van der Waals surface area contributed by atoms with E-state index in [1.807, 2.05) is 26.0 Å². The zero-order valence-corrected chi connectivity index (χ0v) is 11.3. The van der Waals surface area contributed by atoms with Gasteiger partial charge in [-0.05, 0) is 47.5 Å². The summed E-state index contributed by atoms with van der Waals surface area (Å²) in [6.45, 7) is 3.90. The Morgan fingerprint density at radius 2 is 2.00 bits per heavy atom. The van der Waals surface area contributed by atoms with Gasteiger partial charge in [-0.1, -0.05) is 28.1 Å². The zero-order chi connectivity index (χ0) is 10.0. The van der Waals surface area contributed by atoms with Crippen LogP contribution in [0.3, 0.4) is 0 Å². The van der Waals surface area contributed by atoms with Crippen LogP contribution >= 0.6 is 44.1 Å². The Morgan fingerprint density at radius 3 is 2.46 bits per heavy atom. The summed E-state index contributed by atoms with van der Waals surface area (Å²) in [6.07, 6.45) is 0. The van der Waals surface area contributed by atoms with Gasteiger partial charge >= 0.3 is 0 Å². The molecule has 13 heavy (non-hydrogen) atoms. The quantitative estimate of drug-likeness (QED) is 0.774. The fourth-order valence-electron chi connectivity index (χ4n) is 1.04. The molecule has 1 N–H and O–H groups in total. The minimum absolute atomic E-state index is 0.770. The van der Waals surface area contributed by atoms with Gasteiger partial charge in [0.05, 0.1) is 10.7 Å². The summed E-state index contributed by atoms with van der Waals surface area (Å²) in [5.74, 6) is 0. The molecule has 1 rings (SSSR count). The van der Waals surface area contributed by atoms with Gasteiger partial charge in [-0.3, -0.25) is 0 Å². The summed E-state index contributed by atoms with van der Waals surface area (Å²) in [4.78, 5) is 0.770. The standard InChI is InChI=1S/C9H9Br2NS/c1-5-3-7(10)4-8(11)9(5)12-6(2)13/h3-4H,1-2H3,(H,12,13). The van der Waals surface area contributed by atoms with E-state index in [0.29, 0.717) is 0 Å². The minimum Gasteiger partial charge on any atom is -0.349 e. The highest BCUT2D eigenvalue weighted by molar-refractivity contribution is 9.11. The van der Waals surface area contributed by atoms with Gasteiger partial charge < -0.3 is 5.32 Å².